The maximum Gasteiger partial charge on any atom is 0.497 e. The number of nitriles is 1. The maximum atomic E-state index is 14.4. The van der Waals surface area contributed by atoms with E-state index < -0.39 is 30.0 Å². The van der Waals surface area contributed by atoms with Gasteiger partial charge in [-0.3, -0.25) is 0 Å². The Hall–Kier alpha value is -1.31. The molecule has 3 nitrogen and oxygen atoms in total. The molecule has 2 radical (unpaired) electrons. The molecule has 0 saturated carbocycles. The highest BCUT2D eigenvalue weighted by atomic mass is 19.1. The summed E-state index contributed by atoms with van der Waals surface area (Å²) in [7, 11) is 4.94. The molecule has 1 aromatic carbocycles. The molecule has 21 heavy (non-hydrogen) atoms. The Labute approximate surface area is 127 Å². The van der Waals surface area contributed by atoms with Crippen LogP contribution in [0, 0.1) is 17.1 Å². The summed E-state index contributed by atoms with van der Waals surface area (Å²) in [5.41, 5.74) is -0.0611. The second-order valence-corrected chi connectivity index (χ2v) is 6.45. The van der Waals surface area contributed by atoms with Gasteiger partial charge in [0, 0.05) is 5.46 Å². The predicted molar refractivity (Wildman–Crippen MR) is 81.0 cm³/mol. The van der Waals surface area contributed by atoms with Gasteiger partial charge in [-0.05, 0) is 45.4 Å². The first-order valence-corrected chi connectivity index (χ1v) is 6.93. The molecule has 2 rings (SSSR count). The van der Waals surface area contributed by atoms with Crippen molar-refractivity contribution in [2.45, 2.75) is 51.6 Å². The molecule has 1 unspecified atom stereocenters. The van der Waals surface area contributed by atoms with Gasteiger partial charge in [0.05, 0.1) is 30.7 Å². The number of rotatable bonds is 2. The summed E-state index contributed by atoms with van der Waals surface area (Å²) in [5.74, 6) is -0.888. The monoisotopic (exact) mass is 285 g/mol. The van der Waals surface area contributed by atoms with Gasteiger partial charge in [-0.25, -0.2) is 4.39 Å². The molecule has 1 aromatic rings. The standard InChI is InChI=1S/C15H18B2FNO2/c1-9(16)11-7-13(18)12(6-10(11)8-19)17-20-14(2,3)15(4,5)21-17/h6-7,9H,1-5H3. The van der Waals surface area contributed by atoms with Crippen molar-refractivity contribution in [1.82, 2.24) is 0 Å². The molecule has 1 fully saturated rings. The molecule has 1 aliphatic rings. The summed E-state index contributed by atoms with van der Waals surface area (Å²) >= 11 is 0. The van der Waals surface area contributed by atoms with E-state index in [0.717, 1.165) is 0 Å². The lowest BCUT2D eigenvalue weighted by molar-refractivity contribution is 0.00578. The molecule has 0 amide bonds. The first-order valence-electron chi connectivity index (χ1n) is 6.93. The summed E-state index contributed by atoms with van der Waals surface area (Å²) < 4.78 is 26.0. The van der Waals surface area contributed by atoms with Crippen molar-refractivity contribution < 1.29 is 13.7 Å². The molecule has 0 spiro atoms. The Morgan fingerprint density at radius 2 is 1.76 bits per heavy atom. The van der Waals surface area contributed by atoms with Gasteiger partial charge in [0.15, 0.2) is 0 Å². The van der Waals surface area contributed by atoms with Crippen molar-refractivity contribution in [2.24, 2.45) is 0 Å². The molecular formula is C15H18B2FNO2. The van der Waals surface area contributed by atoms with Gasteiger partial charge >= 0.3 is 7.12 Å². The zero-order valence-corrected chi connectivity index (χ0v) is 13.0. The minimum absolute atomic E-state index is 0.231. The summed E-state index contributed by atoms with van der Waals surface area (Å²) in [5, 5.41) is 9.22. The van der Waals surface area contributed by atoms with Crippen LogP contribution < -0.4 is 5.46 Å². The van der Waals surface area contributed by atoms with E-state index in [-0.39, 0.29) is 5.46 Å². The molecule has 1 aliphatic heterocycles. The Bertz CT molecular complexity index is 592. The normalized spacial score (nSPS) is 21.1. The molecule has 0 bridgehead atoms. The third kappa shape index (κ3) is 2.73. The van der Waals surface area contributed by atoms with Crippen LogP contribution in [0.5, 0.6) is 0 Å². The van der Waals surface area contributed by atoms with E-state index in [0.29, 0.717) is 11.1 Å². The van der Waals surface area contributed by atoms with Crippen LogP contribution in [-0.2, 0) is 9.31 Å². The van der Waals surface area contributed by atoms with Crippen molar-refractivity contribution in [3.8, 4) is 6.07 Å². The molecule has 0 aromatic heterocycles. The lowest BCUT2D eigenvalue weighted by Gasteiger charge is -2.32. The minimum Gasteiger partial charge on any atom is -0.399 e. The summed E-state index contributed by atoms with van der Waals surface area (Å²) in [6.45, 7) is 9.29. The Morgan fingerprint density at radius 1 is 1.24 bits per heavy atom. The summed E-state index contributed by atoms with van der Waals surface area (Å²) in [6.07, 6.45) is 0. The first kappa shape index (κ1) is 16.1. The van der Waals surface area contributed by atoms with Crippen LogP contribution in [0.3, 0.4) is 0 Å². The highest BCUT2D eigenvalue weighted by Crippen LogP contribution is 2.36. The van der Waals surface area contributed by atoms with Crippen LogP contribution in [-0.4, -0.2) is 26.2 Å². The zero-order chi connectivity index (χ0) is 16.0. The third-order valence-corrected chi connectivity index (χ3v) is 4.29. The molecule has 108 valence electrons. The molecular weight excluding hydrogens is 267 g/mol. The fourth-order valence-electron chi connectivity index (χ4n) is 2.23. The van der Waals surface area contributed by atoms with Gasteiger partial charge in [0.1, 0.15) is 5.82 Å². The minimum atomic E-state index is -0.829. The van der Waals surface area contributed by atoms with E-state index in [1.165, 1.54) is 12.1 Å². The average molecular weight is 285 g/mol. The van der Waals surface area contributed by atoms with Crippen molar-refractivity contribution in [2.75, 3.05) is 0 Å². The van der Waals surface area contributed by atoms with E-state index >= 15 is 0 Å². The van der Waals surface area contributed by atoms with Crippen LogP contribution >= 0.6 is 0 Å². The van der Waals surface area contributed by atoms with Gasteiger partial charge in [0.25, 0.3) is 0 Å². The molecule has 1 heterocycles. The molecule has 0 aliphatic carbocycles. The van der Waals surface area contributed by atoms with E-state index in [1.807, 2.05) is 27.7 Å². The van der Waals surface area contributed by atoms with E-state index in [2.05, 4.69) is 6.07 Å². The lowest BCUT2D eigenvalue weighted by atomic mass is 9.74. The van der Waals surface area contributed by atoms with Crippen LogP contribution in [0.4, 0.5) is 4.39 Å². The summed E-state index contributed by atoms with van der Waals surface area (Å²) in [6, 6.07) is 4.82. The largest absolute Gasteiger partial charge is 0.497 e. The van der Waals surface area contributed by atoms with Gasteiger partial charge in [-0.2, -0.15) is 5.26 Å². The number of benzene rings is 1. The maximum absolute atomic E-state index is 14.4. The number of hydrogen-bond acceptors (Lipinski definition) is 3. The lowest BCUT2D eigenvalue weighted by Crippen LogP contribution is -2.41. The molecule has 0 N–H and O–H groups in total. The zero-order valence-electron chi connectivity index (χ0n) is 13.0. The molecule has 1 saturated heterocycles. The van der Waals surface area contributed by atoms with Gasteiger partial charge in [-0.15, -0.1) is 0 Å². The Morgan fingerprint density at radius 3 is 2.19 bits per heavy atom. The van der Waals surface area contributed by atoms with Crippen molar-refractivity contribution >= 4 is 20.4 Å². The van der Waals surface area contributed by atoms with Crippen molar-refractivity contribution in [3.63, 3.8) is 0 Å². The number of nitrogens with zero attached hydrogens (tertiary/aromatic N) is 1. The van der Waals surface area contributed by atoms with Crippen LogP contribution in [0.1, 0.15) is 51.6 Å². The summed E-state index contributed by atoms with van der Waals surface area (Å²) in [4.78, 5) is 0. The van der Waals surface area contributed by atoms with Crippen LogP contribution in [0.25, 0.3) is 0 Å². The second kappa shape index (κ2) is 5.15. The number of halogens is 1. The number of hydrogen-bond donors (Lipinski definition) is 0. The topological polar surface area (TPSA) is 42.2 Å². The smallest absolute Gasteiger partial charge is 0.399 e. The van der Waals surface area contributed by atoms with Gasteiger partial charge in [0.2, 0.25) is 0 Å². The fourth-order valence-corrected chi connectivity index (χ4v) is 2.23. The average Bonchev–Trinajstić information content (AvgIpc) is 2.57. The highest BCUT2D eigenvalue weighted by Gasteiger charge is 2.52. The molecule has 1 atom stereocenters. The third-order valence-electron chi connectivity index (χ3n) is 4.29. The van der Waals surface area contributed by atoms with Crippen molar-refractivity contribution in [1.29, 1.82) is 5.26 Å². The Kier molecular flexibility index (Phi) is 3.94. The highest BCUT2D eigenvalue weighted by molar-refractivity contribution is 6.62. The van der Waals surface area contributed by atoms with Crippen molar-refractivity contribution in [3.05, 3.63) is 29.1 Å². The van der Waals surface area contributed by atoms with Crippen LogP contribution in [0.2, 0.25) is 0 Å². The second-order valence-electron chi connectivity index (χ2n) is 6.45. The predicted octanol–water partition coefficient (Wildman–Crippen LogP) is 2.23. The van der Waals surface area contributed by atoms with Gasteiger partial charge in [-0.1, -0.05) is 12.7 Å². The first-order chi connectivity index (χ1) is 9.59. The van der Waals surface area contributed by atoms with Gasteiger partial charge < -0.3 is 9.31 Å². The van der Waals surface area contributed by atoms with E-state index in [4.69, 9.17) is 17.2 Å². The quantitative estimate of drug-likeness (QED) is 0.782. The van der Waals surface area contributed by atoms with E-state index in [1.54, 1.807) is 6.92 Å². The SMILES string of the molecule is [B]C(C)c1cc(F)c(B2OC(C)(C)C(C)(C)O2)cc1C#N. The fraction of sp³-hybridized carbons (Fsp3) is 0.533. The molecule has 6 heteroatoms. The van der Waals surface area contributed by atoms with Crippen LogP contribution in [0.15, 0.2) is 12.1 Å². The van der Waals surface area contributed by atoms with E-state index in [9.17, 15) is 9.65 Å². The Balaban J connectivity index is 2.46.